The molecule has 1 saturated heterocycles. The first-order valence-electron chi connectivity index (χ1n) is 10.2. The topological polar surface area (TPSA) is 64.5 Å². The third kappa shape index (κ3) is 5.62. The van der Waals surface area contributed by atoms with E-state index < -0.39 is 0 Å². The van der Waals surface area contributed by atoms with E-state index in [-0.39, 0.29) is 24.1 Å². The molecular weight excluding hydrogens is 405 g/mol. The number of thioether (sulfide) groups is 1. The van der Waals surface area contributed by atoms with Gasteiger partial charge in [0, 0.05) is 23.5 Å². The Bertz CT molecular complexity index is 855. The Balaban J connectivity index is 1.55. The highest BCUT2D eigenvalue weighted by Crippen LogP contribution is 2.27. The normalized spacial score (nSPS) is 15.9. The second-order valence-electron chi connectivity index (χ2n) is 7.67. The first-order valence-corrected chi connectivity index (χ1v) is 11.4. The first kappa shape index (κ1) is 22.3. The van der Waals surface area contributed by atoms with E-state index in [0.717, 1.165) is 17.7 Å². The van der Waals surface area contributed by atoms with Crippen LogP contribution in [0.3, 0.4) is 0 Å². The lowest BCUT2D eigenvalue weighted by atomic mass is 9.92. The molecule has 1 unspecified atom stereocenters. The molecule has 1 aliphatic rings. The number of piperidine rings is 1. The van der Waals surface area contributed by atoms with Crippen molar-refractivity contribution < 1.29 is 18.7 Å². The maximum absolute atomic E-state index is 14.3. The molecule has 1 aromatic heterocycles. The summed E-state index contributed by atoms with van der Waals surface area (Å²) in [5, 5.41) is 0. The molecule has 30 heavy (non-hydrogen) atoms. The van der Waals surface area contributed by atoms with E-state index in [1.165, 1.54) is 30.2 Å². The van der Waals surface area contributed by atoms with Crippen LogP contribution < -0.4 is 4.74 Å². The lowest BCUT2D eigenvalue weighted by Crippen LogP contribution is -2.42. The summed E-state index contributed by atoms with van der Waals surface area (Å²) in [6.07, 6.45) is 6.22. The average Bonchev–Trinajstić information content (AvgIpc) is 2.74. The highest BCUT2D eigenvalue weighted by Gasteiger charge is 2.28. The number of carbonyl (C=O) groups is 1. The summed E-state index contributed by atoms with van der Waals surface area (Å²) < 4.78 is 25.5. The Labute approximate surface area is 181 Å². The number of carbonyl (C=O) groups excluding carboxylic acids is 1. The van der Waals surface area contributed by atoms with Gasteiger partial charge in [-0.1, -0.05) is 0 Å². The van der Waals surface area contributed by atoms with Crippen LogP contribution in [0.2, 0.25) is 0 Å². The Morgan fingerprint density at radius 2 is 1.93 bits per heavy atom. The van der Waals surface area contributed by atoms with Crippen molar-refractivity contribution in [2.45, 2.75) is 50.7 Å². The predicted molar refractivity (Wildman–Crippen MR) is 115 cm³/mol. The van der Waals surface area contributed by atoms with Gasteiger partial charge in [0.1, 0.15) is 11.9 Å². The molecule has 1 fully saturated rings. The van der Waals surface area contributed by atoms with Crippen LogP contribution in [-0.4, -0.2) is 52.5 Å². The largest absolute Gasteiger partial charge is 0.473 e. The van der Waals surface area contributed by atoms with Gasteiger partial charge in [-0.3, -0.25) is 0 Å². The van der Waals surface area contributed by atoms with Crippen molar-refractivity contribution in [3.63, 3.8) is 0 Å². The van der Waals surface area contributed by atoms with E-state index in [1.54, 1.807) is 11.0 Å². The molecular formula is C22H28FN3O3S. The summed E-state index contributed by atoms with van der Waals surface area (Å²) in [6, 6.07) is 5.07. The summed E-state index contributed by atoms with van der Waals surface area (Å²) in [5.41, 5.74) is 0.887. The van der Waals surface area contributed by atoms with E-state index in [0.29, 0.717) is 36.1 Å². The van der Waals surface area contributed by atoms with Crippen molar-refractivity contribution in [1.82, 2.24) is 14.9 Å². The fourth-order valence-electron chi connectivity index (χ4n) is 3.46. The number of benzene rings is 1. The van der Waals surface area contributed by atoms with Crippen LogP contribution in [0.1, 0.15) is 33.6 Å². The number of likely N-dealkylation sites (tertiary alicyclic amines) is 1. The summed E-state index contributed by atoms with van der Waals surface area (Å²) in [4.78, 5) is 23.2. The van der Waals surface area contributed by atoms with Crippen LogP contribution >= 0.6 is 11.8 Å². The molecule has 0 N–H and O–H groups in total. The van der Waals surface area contributed by atoms with Crippen LogP contribution in [0.5, 0.6) is 5.88 Å². The van der Waals surface area contributed by atoms with E-state index in [4.69, 9.17) is 9.47 Å². The second kappa shape index (κ2) is 10.1. The van der Waals surface area contributed by atoms with Crippen LogP contribution in [0.15, 0.2) is 35.5 Å². The zero-order valence-electron chi connectivity index (χ0n) is 17.8. The Hall–Kier alpha value is -2.35. The number of nitrogens with zero attached hydrogens (tertiary/aromatic N) is 3. The van der Waals surface area contributed by atoms with Crippen molar-refractivity contribution in [3.05, 3.63) is 36.4 Å². The quantitative estimate of drug-likeness (QED) is 0.596. The van der Waals surface area contributed by atoms with Crippen LogP contribution in [0.4, 0.5) is 9.18 Å². The van der Waals surface area contributed by atoms with E-state index in [2.05, 4.69) is 9.97 Å². The minimum absolute atomic E-state index is 0.0639. The Morgan fingerprint density at radius 1 is 1.20 bits per heavy atom. The van der Waals surface area contributed by atoms with Crippen molar-refractivity contribution >= 4 is 17.9 Å². The van der Waals surface area contributed by atoms with Gasteiger partial charge in [0.05, 0.1) is 24.2 Å². The molecule has 1 aliphatic heterocycles. The number of rotatable bonds is 6. The molecule has 8 heteroatoms. The van der Waals surface area contributed by atoms with Crippen LogP contribution in [0.25, 0.3) is 11.3 Å². The number of amides is 1. The second-order valence-corrected chi connectivity index (χ2v) is 8.55. The van der Waals surface area contributed by atoms with Crippen molar-refractivity contribution in [2.75, 3.05) is 19.3 Å². The van der Waals surface area contributed by atoms with Gasteiger partial charge in [0.25, 0.3) is 0 Å². The van der Waals surface area contributed by atoms with Crippen molar-refractivity contribution in [1.29, 1.82) is 0 Å². The SMILES string of the molecule is CSc1ccc(-c2cnc(OC(C)C3CCN(C(=O)OC(C)C)CC3)cn2)c(F)c1. The van der Waals surface area contributed by atoms with E-state index >= 15 is 0 Å². The van der Waals surface area contributed by atoms with Gasteiger partial charge < -0.3 is 14.4 Å². The number of halogens is 1. The Morgan fingerprint density at radius 3 is 2.50 bits per heavy atom. The van der Waals surface area contributed by atoms with Gasteiger partial charge >= 0.3 is 6.09 Å². The van der Waals surface area contributed by atoms with Gasteiger partial charge in [-0.05, 0) is 64.0 Å². The Kier molecular flexibility index (Phi) is 7.53. The van der Waals surface area contributed by atoms with E-state index in [1.807, 2.05) is 33.1 Å². The summed E-state index contributed by atoms with van der Waals surface area (Å²) >= 11 is 1.49. The molecule has 0 spiro atoms. The van der Waals surface area contributed by atoms with Crippen LogP contribution in [0, 0.1) is 11.7 Å². The molecule has 1 atom stereocenters. The van der Waals surface area contributed by atoms with Gasteiger partial charge in [-0.15, -0.1) is 11.8 Å². The zero-order chi connectivity index (χ0) is 21.7. The molecule has 2 heterocycles. The molecule has 6 nitrogen and oxygen atoms in total. The minimum Gasteiger partial charge on any atom is -0.473 e. The number of aromatic nitrogens is 2. The molecule has 2 aromatic rings. The number of ether oxygens (including phenoxy) is 2. The molecule has 1 amide bonds. The maximum atomic E-state index is 14.3. The standard InChI is InChI=1S/C22H28FN3O3S/c1-14(2)28-22(27)26-9-7-16(8-10-26)15(3)29-21-13-24-20(12-25-21)18-6-5-17(30-4)11-19(18)23/h5-6,11-16H,7-10H2,1-4H3. The lowest BCUT2D eigenvalue weighted by molar-refractivity contribution is 0.0485. The molecule has 3 rings (SSSR count). The summed E-state index contributed by atoms with van der Waals surface area (Å²) in [5.74, 6) is 0.404. The van der Waals surface area contributed by atoms with Gasteiger partial charge in [-0.2, -0.15) is 0 Å². The fraction of sp³-hybridized carbons (Fsp3) is 0.500. The molecule has 0 saturated carbocycles. The van der Waals surface area contributed by atoms with Crippen LogP contribution in [-0.2, 0) is 4.74 Å². The van der Waals surface area contributed by atoms with Gasteiger partial charge in [0.15, 0.2) is 0 Å². The smallest absolute Gasteiger partial charge is 0.410 e. The molecule has 162 valence electrons. The van der Waals surface area contributed by atoms with E-state index in [9.17, 15) is 9.18 Å². The molecule has 0 radical (unpaired) electrons. The highest BCUT2D eigenvalue weighted by atomic mass is 32.2. The molecule has 1 aromatic carbocycles. The monoisotopic (exact) mass is 433 g/mol. The molecule has 0 bridgehead atoms. The highest BCUT2D eigenvalue weighted by molar-refractivity contribution is 7.98. The summed E-state index contributed by atoms with van der Waals surface area (Å²) in [7, 11) is 0. The predicted octanol–water partition coefficient (Wildman–Crippen LogP) is 5.03. The van der Waals surface area contributed by atoms with Gasteiger partial charge in [-0.25, -0.2) is 19.2 Å². The minimum atomic E-state index is -0.319. The maximum Gasteiger partial charge on any atom is 0.410 e. The zero-order valence-corrected chi connectivity index (χ0v) is 18.6. The molecule has 0 aliphatic carbocycles. The number of hydrogen-bond acceptors (Lipinski definition) is 6. The average molecular weight is 434 g/mol. The number of hydrogen-bond donors (Lipinski definition) is 0. The fourth-order valence-corrected chi connectivity index (χ4v) is 3.89. The third-order valence-corrected chi connectivity index (χ3v) is 5.91. The third-order valence-electron chi connectivity index (χ3n) is 5.19. The summed E-state index contributed by atoms with van der Waals surface area (Å²) in [6.45, 7) is 7.00. The van der Waals surface area contributed by atoms with Gasteiger partial charge in [0.2, 0.25) is 5.88 Å². The lowest BCUT2D eigenvalue weighted by Gasteiger charge is -2.34. The van der Waals surface area contributed by atoms with Crippen molar-refractivity contribution in [3.8, 4) is 17.1 Å². The van der Waals surface area contributed by atoms with Crippen molar-refractivity contribution in [2.24, 2.45) is 5.92 Å². The first-order chi connectivity index (χ1) is 14.4.